The standard InChI is InChI=1S/C32H65NO3/c1-6-8-10-12-14-16-18-20-22-24-26-33(32(34)28-30(3)36-29-31(4)35-5)27-25-23-21-19-17-15-13-11-9-7-2/h30-31H,6-29H2,1-5H3. The molecule has 1 amide bonds. The Hall–Kier alpha value is -0.610. The van der Waals surface area contributed by atoms with Crippen molar-refractivity contribution in [3.05, 3.63) is 0 Å². The monoisotopic (exact) mass is 511 g/mol. The molecule has 0 aliphatic rings. The highest BCUT2D eigenvalue weighted by atomic mass is 16.5. The lowest BCUT2D eigenvalue weighted by molar-refractivity contribution is -0.134. The van der Waals surface area contributed by atoms with E-state index in [0.717, 1.165) is 25.9 Å². The van der Waals surface area contributed by atoms with Gasteiger partial charge >= 0.3 is 0 Å². The van der Waals surface area contributed by atoms with Crippen LogP contribution in [0.1, 0.15) is 163 Å². The van der Waals surface area contributed by atoms with Gasteiger partial charge in [-0.1, -0.05) is 129 Å². The minimum atomic E-state index is -0.0574. The molecule has 4 nitrogen and oxygen atoms in total. The summed E-state index contributed by atoms with van der Waals surface area (Å²) in [4.78, 5) is 15.2. The van der Waals surface area contributed by atoms with Crippen LogP contribution in [0.5, 0.6) is 0 Å². The number of amides is 1. The predicted octanol–water partition coefficient (Wildman–Crippen LogP) is 9.49. The van der Waals surface area contributed by atoms with Crippen molar-refractivity contribution in [2.75, 3.05) is 26.8 Å². The van der Waals surface area contributed by atoms with Crippen molar-refractivity contribution in [2.24, 2.45) is 0 Å². The van der Waals surface area contributed by atoms with E-state index in [0.29, 0.717) is 13.0 Å². The first-order valence-corrected chi connectivity index (χ1v) is 16.0. The van der Waals surface area contributed by atoms with E-state index in [1.165, 1.54) is 116 Å². The minimum absolute atomic E-state index is 0.0574. The first-order valence-electron chi connectivity index (χ1n) is 16.0. The fourth-order valence-electron chi connectivity index (χ4n) is 4.74. The van der Waals surface area contributed by atoms with Crippen LogP contribution in [0.2, 0.25) is 0 Å². The van der Waals surface area contributed by atoms with Crippen LogP contribution in [0.15, 0.2) is 0 Å². The third kappa shape index (κ3) is 23.8. The van der Waals surface area contributed by atoms with Crippen molar-refractivity contribution in [2.45, 2.75) is 175 Å². The maximum atomic E-state index is 13.1. The third-order valence-corrected chi connectivity index (χ3v) is 7.40. The van der Waals surface area contributed by atoms with Gasteiger partial charge in [-0.3, -0.25) is 4.79 Å². The van der Waals surface area contributed by atoms with Crippen LogP contribution < -0.4 is 0 Å². The van der Waals surface area contributed by atoms with Crippen molar-refractivity contribution in [1.82, 2.24) is 4.90 Å². The molecular weight excluding hydrogens is 446 g/mol. The Kier molecular flexibility index (Phi) is 27.0. The van der Waals surface area contributed by atoms with Crippen LogP contribution in [0.3, 0.4) is 0 Å². The number of carbonyl (C=O) groups is 1. The van der Waals surface area contributed by atoms with Crippen LogP contribution in [0, 0.1) is 0 Å². The van der Waals surface area contributed by atoms with E-state index in [9.17, 15) is 4.79 Å². The van der Waals surface area contributed by atoms with Gasteiger partial charge in [0.2, 0.25) is 5.91 Å². The van der Waals surface area contributed by atoms with Crippen molar-refractivity contribution < 1.29 is 14.3 Å². The number of carbonyl (C=O) groups excluding carboxylic acids is 1. The smallest absolute Gasteiger partial charge is 0.225 e. The minimum Gasteiger partial charge on any atom is -0.379 e. The Labute approximate surface area is 226 Å². The summed E-state index contributed by atoms with van der Waals surface area (Å²) in [7, 11) is 1.70. The summed E-state index contributed by atoms with van der Waals surface area (Å²) in [5, 5.41) is 0. The van der Waals surface area contributed by atoms with Gasteiger partial charge in [0.05, 0.1) is 25.2 Å². The molecule has 0 bridgehead atoms. The number of methoxy groups -OCH3 is 1. The van der Waals surface area contributed by atoms with Gasteiger partial charge in [-0.2, -0.15) is 0 Å². The van der Waals surface area contributed by atoms with E-state index in [4.69, 9.17) is 9.47 Å². The summed E-state index contributed by atoms with van der Waals surface area (Å²) in [6.45, 7) is 10.9. The number of unbranched alkanes of at least 4 members (excludes halogenated alkanes) is 18. The van der Waals surface area contributed by atoms with Gasteiger partial charge in [0.25, 0.3) is 0 Å². The highest BCUT2D eigenvalue weighted by Gasteiger charge is 2.17. The molecule has 0 aliphatic heterocycles. The van der Waals surface area contributed by atoms with Crippen molar-refractivity contribution in [1.29, 1.82) is 0 Å². The molecule has 0 saturated carbocycles. The molecular formula is C32H65NO3. The molecule has 0 spiro atoms. The maximum Gasteiger partial charge on any atom is 0.225 e. The zero-order valence-electron chi connectivity index (χ0n) is 25.3. The van der Waals surface area contributed by atoms with E-state index < -0.39 is 0 Å². The first-order chi connectivity index (χ1) is 17.5. The van der Waals surface area contributed by atoms with Crippen molar-refractivity contribution in [3.8, 4) is 0 Å². The van der Waals surface area contributed by atoms with E-state index in [-0.39, 0.29) is 18.1 Å². The lowest BCUT2D eigenvalue weighted by Gasteiger charge is -2.25. The highest BCUT2D eigenvalue weighted by molar-refractivity contribution is 5.76. The predicted molar refractivity (Wildman–Crippen MR) is 157 cm³/mol. The maximum absolute atomic E-state index is 13.1. The van der Waals surface area contributed by atoms with Crippen molar-refractivity contribution >= 4 is 5.91 Å². The fourth-order valence-corrected chi connectivity index (χ4v) is 4.74. The average Bonchev–Trinajstić information content (AvgIpc) is 2.87. The second-order valence-electron chi connectivity index (χ2n) is 11.1. The molecule has 36 heavy (non-hydrogen) atoms. The molecule has 2 unspecified atom stereocenters. The Balaban J connectivity index is 4.20. The van der Waals surface area contributed by atoms with Crippen LogP contribution in [0.25, 0.3) is 0 Å². The molecule has 0 fully saturated rings. The first kappa shape index (κ1) is 35.4. The molecule has 0 aliphatic carbocycles. The van der Waals surface area contributed by atoms with E-state index in [1.807, 2.05) is 13.8 Å². The van der Waals surface area contributed by atoms with Gasteiger partial charge in [-0.15, -0.1) is 0 Å². The number of hydrogen-bond acceptors (Lipinski definition) is 3. The molecule has 0 saturated heterocycles. The molecule has 4 heteroatoms. The molecule has 0 radical (unpaired) electrons. The average molecular weight is 512 g/mol. The van der Waals surface area contributed by atoms with Crippen molar-refractivity contribution in [3.63, 3.8) is 0 Å². The number of rotatable bonds is 28. The molecule has 0 aromatic carbocycles. The van der Waals surface area contributed by atoms with E-state index >= 15 is 0 Å². The molecule has 216 valence electrons. The van der Waals surface area contributed by atoms with Gasteiger partial charge in [0.1, 0.15) is 0 Å². The highest BCUT2D eigenvalue weighted by Crippen LogP contribution is 2.14. The topological polar surface area (TPSA) is 38.8 Å². The summed E-state index contributed by atoms with van der Waals surface area (Å²) in [5.41, 5.74) is 0. The largest absolute Gasteiger partial charge is 0.379 e. The van der Waals surface area contributed by atoms with Crippen LogP contribution in [-0.4, -0.2) is 49.8 Å². The number of ether oxygens (including phenoxy) is 2. The van der Waals surface area contributed by atoms with Crippen LogP contribution in [-0.2, 0) is 14.3 Å². The fraction of sp³-hybridized carbons (Fsp3) is 0.969. The second kappa shape index (κ2) is 27.4. The lowest BCUT2D eigenvalue weighted by atomic mass is 10.1. The van der Waals surface area contributed by atoms with Gasteiger partial charge in [0, 0.05) is 20.2 Å². The van der Waals surface area contributed by atoms with E-state index in [2.05, 4.69) is 18.7 Å². The number of nitrogens with zero attached hydrogens (tertiary/aromatic N) is 1. The zero-order valence-corrected chi connectivity index (χ0v) is 25.3. The summed E-state index contributed by atoms with van der Waals surface area (Å²) in [5.74, 6) is 0.263. The Bertz CT molecular complexity index is 433. The Morgan fingerprint density at radius 3 is 1.31 bits per heavy atom. The molecule has 2 atom stereocenters. The molecule has 0 rings (SSSR count). The molecule has 0 aromatic heterocycles. The molecule has 0 aromatic rings. The third-order valence-electron chi connectivity index (χ3n) is 7.40. The zero-order chi connectivity index (χ0) is 26.7. The summed E-state index contributed by atoms with van der Waals surface area (Å²) < 4.78 is 11.1. The summed E-state index contributed by atoms with van der Waals surface area (Å²) in [6.07, 6.45) is 27.1. The lowest BCUT2D eigenvalue weighted by Crippen LogP contribution is -2.35. The molecule has 0 N–H and O–H groups in total. The summed E-state index contributed by atoms with van der Waals surface area (Å²) in [6, 6.07) is 0. The Morgan fingerprint density at radius 2 is 0.944 bits per heavy atom. The van der Waals surface area contributed by atoms with Gasteiger partial charge in [-0.05, 0) is 26.7 Å². The van der Waals surface area contributed by atoms with E-state index in [1.54, 1.807) is 7.11 Å². The molecule has 0 heterocycles. The van der Waals surface area contributed by atoms with Gasteiger partial charge < -0.3 is 14.4 Å². The number of hydrogen-bond donors (Lipinski definition) is 0. The Morgan fingerprint density at radius 1 is 0.583 bits per heavy atom. The SMILES string of the molecule is CCCCCCCCCCCCN(CCCCCCCCCCCC)C(=O)CC(C)OCC(C)OC. The van der Waals surface area contributed by atoms with Crippen LogP contribution >= 0.6 is 0 Å². The van der Waals surface area contributed by atoms with Gasteiger partial charge in [0.15, 0.2) is 0 Å². The summed E-state index contributed by atoms with van der Waals surface area (Å²) >= 11 is 0. The van der Waals surface area contributed by atoms with Gasteiger partial charge in [-0.25, -0.2) is 0 Å². The second-order valence-corrected chi connectivity index (χ2v) is 11.1. The van der Waals surface area contributed by atoms with Crippen LogP contribution in [0.4, 0.5) is 0 Å². The normalized spacial score (nSPS) is 13.1. The quantitative estimate of drug-likeness (QED) is 0.0982.